The van der Waals surface area contributed by atoms with Gasteiger partial charge in [0, 0.05) is 36.8 Å². The maximum atomic E-state index is 13.6. The van der Waals surface area contributed by atoms with Gasteiger partial charge in [0.2, 0.25) is 5.91 Å². The summed E-state index contributed by atoms with van der Waals surface area (Å²) < 4.78 is 41.2. The number of hydrogen-bond acceptors (Lipinski definition) is 7. The quantitative estimate of drug-likeness (QED) is 0.220. The van der Waals surface area contributed by atoms with Gasteiger partial charge >= 0.3 is 0 Å². The predicted octanol–water partition coefficient (Wildman–Crippen LogP) is 5.56. The van der Waals surface area contributed by atoms with Crippen LogP contribution in [0.5, 0.6) is 17.2 Å². The second kappa shape index (κ2) is 14.8. The molecule has 1 amide bonds. The summed E-state index contributed by atoms with van der Waals surface area (Å²) in [6.07, 6.45) is -0.289. The Hall–Kier alpha value is -4.38. The number of nitrogens with one attached hydrogen (secondary N) is 1. The molecule has 3 atom stereocenters. The third kappa shape index (κ3) is 8.45. The molecule has 0 aliphatic carbocycles. The van der Waals surface area contributed by atoms with Crippen LogP contribution in [-0.4, -0.2) is 68.1 Å². The van der Waals surface area contributed by atoms with Gasteiger partial charge in [-0.05, 0) is 74.1 Å². The van der Waals surface area contributed by atoms with E-state index in [4.69, 9.17) is 9.47 Å². The number of aliphatic hydroxyl groups is 1. The van der Waals surface area contributed by atoms with E-state index in [1.165, 1.54) is 12.1 Å². The van der Waals surface area contributed by atoms with Crippen molar-refractivity contribution in [2.45, 2.75) is 43.9 Å². The van der Waals surface area contributed by atoms with E-state index in [2.05, 4.69) is 9.62 Å². The van der Waals surface area contributed by atoms with Gasteiger partial charge < -0.3 is 19.5 Å². The van der Waals surface area contributed by atoms with Crippen LogP contribution in [0.25, 0.3) is 0 Å². The molecule has 4 aromatic rings. The average molecular weight is 644 g/mol. The molecule has 0 spiro atoms. The number of carbonyl (C=O) groups is 1. The average Bonchev–Trinajstić information content (AvgIpc) is 3.09. The van der Waals surface area contributed by atoms with Gasteiger partial charge in [-0.15, -0.1) is 0 Å². The Morgan fingerprint density at radius 1 is 0.978 bits per heavy atom. The summed E-state index contributed by atoms with van der Waals surface area (Å²) in [6.45, 7) is 5.35. The summed E-state index contributed by atoms with van der Waals surface area (Å²) in [5.41, 5.74) is 2.02. The number of rotatable bonds is 11. The minimum Gasteiger partial charge on any atom is -0.488 e. The minimum atomic E-state index is -3.82. The third-order valence-corrected chi connectivity index (χ3v) is 9.47. The van der Waals surface area contributed by atoms with Crippen molar-refractivity contribution in [1.82, 2.24) is 9.80 Å². The lowest BCUT2D eigenvalue weighted by Gasteiger charge is -2.34. The van der Waals surface area contributed by atoms with E-state index in [1.807, 2.05) is 75.5 Å². The predicted molar refractivity (Wildman–Crippen MR) is 179 cm³/mol. The number of anilines is 1. The first-order valence-corrected chi connectivity index (χ1v) is 16.9. The van der Waals surface area contributed by atoms with Crippen molar-refractivity contribution in [3.05, 3.63) is 114 Å². The smallest absolute Gasteiger partial charge is 0.261 e. The summed E-state index contributed by atoms with van der Waals surface area (Å²) in [4.78, 5) is 17.6. The molecule has 1 aliphatic heterocycles. The van der Waals surface area contributed by atoms with E-state index in [-0.39, 0.29) is 41.9 Å². The molecule has 5 rings (SSSR count). The molecule has 0 unspecified atom stereocenters. The Bertz CT molecular complexity index is 1700. The fourth-order valence-electron chi connectivity index (χ4n) is 5.50. The summed E-state index contributed by atoms with van der Waals surface area (Å²) in [6, 6.07) is 30.4. The van der Waals surface area contributed by atoms with E-state index in [0.717, 1.165) is 17.1 Å². The van der Waals surface area contributed by atoms with Crippen LogP contribution in [0.4, 0.5) is 5.69 Å². The normalized spacial score (nSPS) is 17.7. The number of hydrogen-bond donors (Lipinski definition) is 2. The molecule has 0 bridgehead atoms. The van der Waals surface area contributed by atoms with Crippen molar-refractivity contribution in [2.24, 2.45) is 5.92 Å². The molecule has 10 heteroatoms. The Labute approximate surface area is 271 Å². The number of fused-ring (bicyclic) bond motifs is 1. The number of para-hydroxylation sites is 1. The second-order valence-electron chi connectivity index (χ2n) is 11.9. The van der Waals surface area contributed by atoms with Crippen molar-refractivity contribution in [3.8, 4) is 17.2 Å². The minimum absolute atomic E-state index is 0.00720. The maximum Gasteiger partial charge on any atom is 0.261 e. The SMILES string of the molecule is C[C@@H]1CN([C@@H](C)CO)C(=O)Cc2cc(NS(=O)(=O)c3ccccc3)ccc2O[C@H]1CN(C)Cc1ccc(Oc2ccccc2)cc1. The number of ether oxygens (including phenoxy) is 2. The molecular weight excluding hydrogens is 602 g/mol. The second-order valence-corrected chi connectivity index (χ2v) is 13.6. The Kier molecular flexibility index (Phi) is 10.6. The van der Waals surface area contributed by atoms with Crippen molar-refractivity contribution >= 4 is 21.6 Å². The van der Waals surface area contributed by atoms with Crippen molar-refractivity contribution < 1.29 is 27.8 Å². The van der Waals surface area contributed by atoms with Crippen LogP contribution in [0.15, 0.2) is 108 Å². The first kappa shape index (κ1) is 33.0. The van der Waals surface area contributed by atoms with Crippen LogP contribution in [0, 0.1) is 5.92 Å². The number of carbonyl (C=O) groups excluding carboxylic acids is 1. The Balaban J connectivity index is 1.34. The first-order chi connectivity index (χ1) is 22.1. The lowest BCUT2D eigenvalue weighted by Crippen LogP contribution is -2.47. The van der Waals surface area contributed by atoms with E-state index in [0.29, 0.717) is 36.6 Å². The molecule has 242 valence electrons. The van der Waals surface area contributed by atoms with Crippen molar-refractivity contribution in [3.63, 3.8) is 0 Å². The zero-order valence-corrected chi connectivity index (χ0v) is 27.2. The van der Waals surface area contributed by atoms with Crippen molar-refractivity contribution in [2.75, 3.05) is 31.5 Å². The lowest BCUT2D eigenvalue weighted by atomic mass is 10.0. The molecule has 1 aliphatic rings. The van der Waals surface area contributed by atoms with Gasteiger partial charge in [-0.3, -0.25) is 14.4 Å². The van der Waals surface area contributed by atoms with Crippen LogP contribution in [-0.2, 0) is 27.8 Å². The standard InChI is InChI=1S/C36H41N3O6S/c1-26-22-39(27(2)25-40)36(41)21-29-20-30(37-46(42,43)33-12-8-5-9-13-33)16-19-34(29)45-35(26)24-38(3)23-28-14-17-32(18-15-28)44-31-10-6-4-7-11-31/h4-20,26-27,35,37,40H,21-25H2,1-3H3/t26-,27+,35+/m1/s1. The number of amides is 1. The number of sulfonamides is 1. The van der Waals surface area contributed by atoms with Gasteiger partial charge in [0.05, 0.1) is 24.0 Å². The molecule has 9 nitrogen and oxygen atoms in total. The van der Waals surface area contributed by atoms with E-state index < -0.39 is 10.0 Å². The zero-order chi connectivity index (χ0) is 32.7. The molecule has 0 radical (unpaired) electrons. The molecule has 0 saturated carbocycles. The fourth-order valence-corrected chi connectivity index (χ4v) is 6.57. The molecular formula is C36H41N3O6S. The number of nitrogens with zero attached hydrogens (tertiary/aromatic N) is 2. The highest BCUT2D eigenvalue weighted by atomic mass is 32.2. The third-order valence-electron chi connectivity index (χ3n) is 8.07. The highest BCUT2D eigenvalue weighted by Crippen LogP contribution is 2.30. The molecule has 2 N–H and O–H groups in total. The number of likely N-dealkylation sites (N-methyl/N-ethyl adjacent to an activating group) is 1. The molecule has 0 aromatic heterocycles. The van der Waals surface area contributed by atoms with Gasteiger partial charge in [-0.25, -0.2) is 8.42 Å². The van der Waals surface area contributed by atoms with Crippen LogP contribution >= 0.6 is 0 Å². The highest BCUT2D eigenvalue weighted by molar-refractivity contribution is 7.92. The number of aliphatic hydroxyl groups excluding tert-OH is 1. The van der Waals surface area contributed by atoms with Crippen molar-refractivity contribution in [1.29, 1.82) is 0 Å². The number of benzene rings is 4. The Morgan fingerprint density at radius 2 is 1.63 bits per heavy atom. The molecule has 46 heavy (non-hydrogen) atoms. The highest BCUT2D eigenvalue weighted by Gasteiger charge is 2.31. The zero-order valence-electron chi connectivity index (χ0n) is 26.4. The largest absolute Gasteiger partial charge is 0.488 e. The fraction of sp³-hybridized carbons (Fsp3) is 0.306. The first-order valence-electron chi connectivity index (χ1n) is 15.4. The summed E-state index contributed by atoms with van der Waals surface area (Å²) in [5, 5.41) is 9.96. The molecule has 4 aromatic carbocycles. The van der Waals surface area contributed by atoms with Crippen LogP contribution in [0.1, 0.15) is 25.0 Å². The molecule has 0 fully saturated rings. The summed E-state index contributed by atoms with van der Waals surface area (Å²) >= 11 is 0. The molecule has 0 saturated heterocycles. The van der Waals surface area contributed by atoms with Gasteiger partial charge in [0.15, 0.2) is 0 Å². The van der Waals surface area contributed by atoms with E-state index >= 15 is 0 Å². The van der Waals surface area contributed by atoms with E-state index in [9.17, 15) is 18.3 Å². The van der Waals surface area contributed by atoms with Gasteiger partial charge in [-0.2, -0.15) is 0 Å². The molecule has 1 heterocycles. The van der Waals surface area contributed by atoms with Gasteiger partial charge in [0.25, 0.3) is 10.0 Å². The van der Waals surface area contributed by atoms with Gasteiger partial charge in [-0.1, -0.05) is 55.5 Å². The topological polar surface area (TPSA) is 108 Å². The summed E-state index contributed by atoms with van der Waals surface area (Å²) in [5.74, 6) is 1.85. The maximum absolute atomic E-state index is 13.6. The van der Waals surface area contributed by atoms with E-state index in [1.54, 1.807) is 41.3 Å². The Morgan fingerprint density at radius 3 is 2.30 bits per heavy atom. The van der Waals surface area contributed by atoms with Crippen LogP contribution < -0.4 is 14.2 Å². The summed E-state index contributed by atoms with van der Waals surface area (Å²) in [7, 11) is -1.80. The monoisotopic (exact) mass is 643 g/mol. The van der Waals surface area contributed by atoms with Gasteiger partial charge in [0.1, 0.15) is 23.4 Å². The van der Waals surface area contributed by atoms with Crippen LogP contribution in [0.3, 0.4) is 0 Å². The van der Waals surface area contributed by atoms with Crippen LogP contribution in [0.2, 0.25) is 0 Å². The lowest BCUT2D eigenvalue weighted by molar-refractivity contribution is -0.134.